The Morgan fingerprint density at radius 2 is 1.10 bits per heavy atom. The van der Waals surface area contributed by atoms with Gasteiger partial charge in [-0.3, -0.25) is 0 Å². The molecule has 21 heavy (non-hydrogen) atoms. The Kier molecular flexibility index (Phi) is 5.44. The first-order chi connectivity index (χ1) is 10.4. The van der Waals surface area contributed by atoms with Gasteiger partial charge in [0.15, 0.2) is 0 Å². The van der Waals surface area contributed by atoms with E-state index in [2.05, 4.69) is 60.7 Å². The zero-order valence-corrected chi connectivity index (χ0v) is 13.5. The second-order valence-corrected chi connectivity index (χ2v) is 7.00. The fraction of sp³-hybridized carbons (Fsp3) is 0.222. The van der Waals surface area contributed by atoms with Gasteiger partial charge < -0.3 is 4.74 Å². The highest BCUT2D eigenvalue weighted by atomic mass is 32.2. The number of rotatable bonds is 6. The van der Waals surface area contributed by atoms with Crippen LogP contribution in [-0.2, 0) is 4.74 Å². The number of thioether (sulfide) groups is 2. The monoisotopic (exact) mass is 314 g/mol. The summed E-state index contributed by atoms with van der Waals surface area (Å²) in [7, 11) is 0. The van der Waals surface area contributed by atoms with E-state index in [0.717, 1.165) is 24.7 Å². The smallest absolute Gasteiger partial charge is 0.0693 e. The summed E-state index contributed by atoms with van der Waals surface area (Å²) in [6.45, 7) is 1.59. The lowest BCUT2D eigenvalue weighted by Crippen LogP contribution is -1.95. The van der Waals surface area contributed by atoms with Gasteiger partial charge in [0.05, 0.1) is 13.2 Å². The molecule has 0 bridgehead atoms. The van der Waals surface area contributed by atoms with Crippen molar-refractivity contribution in [3.8, 4) is 0 Å². The molecule has 1 nitrogen and oxygen atoms in total. The SMILES string of the molecule is c1ccc(SCC2=C(CSc3ccccc3)COC2)cc1. The summed E-state index contributed by atoms with van der Waals surface area (Å²) in [5.74, 6) is 2.07. The molecule has 1 aliphatic rings. The molecule has 0 fully saturated rings. The van der Waals surface area contributed by atoms with Crippen molar-refractivity contribution >= 4 is 23.5 Å². The number of ether oxygens (including phenoxy) is 1. The van der Waals surface area contributed by atoms with Crippen LogP contribution >= 0.6 is 23.5 Å². The Hall–Kier alpha value is -1.16. The minimum absolute atomic E-state index is 0.796. The molecule has 0 aromatic heterocycles. The summed E-state index contributed by atoms with van der Waals surface area (Å²) in [5, 5.41) is 0. The Morgan fingerprint density at radius 1 is 0.667 bits per heavy atom. The molecule has 0 saturated heterocycles. The predicted molar refractivity (Wildman–Crippen MR) is 92.2 cm³/mol. The molecule has 0 spiro atoms. The quantitative estimate of drug-likeness (QED) is 0.554. The molecular weight excluding hydrogens is 296 g/mol. The van der Waals surface area contributed by atoms with Crippen LogP contribution in [0.3, 0.4) is 0 Å². The Balaban J connectivity index is 1.57. The Labute approximate surface area is 134 Å². The van der Waals surface area contributed by atoms with Gasteiger partial charge in [0.2, 0.25) is 0 Å². The molecule has 0 N–H and O–H groups in total. The molecule has 1 heterocycles. The van der Waals surface area contributed by atoms with E-state index in [9.17, 15) is 0 Å². The van der Waals surface area contributed by atoms with Crippen molar-refractivity contribution < 1.29 is 4.74 Å². The fourth-order valence-electron chi connectivity index (χ4n) is 2.16. The molecule has 2 aromatic carbocycles. The highest BCUT2D eigenvalue weighted by Gasteiger charge is 2.15. The molecule has 1 aliphatic heterocycles. The van der Waals surface area contributed by atoms with E-state index in [4.69, 9.17) is 4.74 Å². The zero-order chi connectivity index (χ0) is 14.3. The molecule has 3 rings (SSSR count). The van der Waals surface area contributed by atoms with Gasteiger partial charge in [0.25, 0.3) is 0 Å². The van der Waals surface area contributed by atoms with E-state index in [0.29, 0.717) is 0 Å². The van der Waals surface area contributed by atoms with Crippen molar-refractivity contribution in [3.63, 3.8) is 0 Å². The van der Waals surface area contributed by atoms with Crippen LogP contribution in [-0.4, -0.2) is 24.7 Å². The van der Waals surface area contributed by atoms with E-state index in [1.54, 1.807) is 0 Å². The van der Waals surface area contributed by atoms with E-state index >= 15 is 0 Å². The largest absolute Gasteiger partial charge is 0.373 e. The molecule has 0 saturated carbocycles. The van der Waals surface area contributed by atoms with Crippen LogP contribution in [0.1, 0.15) is 0 Å². The standard InChI is InChI=1S/C18H18OS2/c1-3-7-17(8-4-1)20-13-15-11-19-12-16(15)14-21-18-9-5-2-6-10-18/h1-10H,11-14H2. The lowest BCUT2D eigenvalue weighted by Gasteiger charge is -2.06. The van der Waals surface area contributed by atoms with Crippen LogP contribution in [0.4, 0.5) is 0 Å². The third-order valence-corrected chi connectivity index (χ3v) is 5.56. The van der Waals surface area contributed by atoms with Crippen molar-refractivity contribution in [3.05, 3.63) is 71.8 Å². The third-order valence-electron chi connectivity index (χ3n) is 3.37. The van der Waals surface area contributed by atoms with Crippen LogP contribution in [0.15, 0.2) is 81.6 Å². The molecule has 2 aromatic rings. The molecule has 3 heteroatoms. The molecule has 0 aliphatic carbocycles. The van der Waals surface area contributed by atoms with Crippen molar-refractivity contribution in [1.82, 2.24) is 0 Å². The predicted octanol–water partition coefficient (Wildman–Crippen LogP) is 4.90. The first-order valence-electron chi connectivity index (χ1n) is 7.05. The molecule has 0 unspecified atom stereocenters. The van der Waals surface area contributed by atoms with E-state index in [-0.39, 0.29) is 0 Å². The minimum atomic E-state index is 0.796. The lowest BCUT2D eigenvalue weighted by atomic mass is 10.2. The van der Waals surface area contributed by atoms with Crippen molar-refractivity contribution in [2.24, 2.45) is 0 Å². The average Bonchev–Trinajstić information content (AvgIpc) is 3.00. The van der Waals surface area contributed by atoms with Crippen LogP contribution in [0.25, 0.3) is 0 Å². The van der Waals surface area contributed by atoms with Gasteiger partial charge in [-0.25, -0.2) is 0 Å². The summed E-state index contributed by atoms with van der Waals surface area (Å²) in [6.07, 6.45) is 0. The maximum Gasteiger partial charge on any atom is 0.0693 e. The maximum absolute atomic E-state index is 5.65. The summed E-state index contributed by atoms with van der Waals surface area (Å²) in [5.41, 5.74) is 2.93. The Morgan fingerprint density at radius 3 is 1.52 bits per heavy atom. The van der Waals surface area contributed by atoms with Gasteiger partial charge in [-0.15, -0.1) is 23.5 Å². The molecule has 0 atom stereocenters. The first-order valence-corrected chi connectivity index (χ1v) is 9.02. The second kappa shape index (κ2) is 7.74. The fourth-order valence-corrected chi connectivity index (χ4v) is 4.12. The topological polar surface area (TPSA) is 9.23 Å². The summed E-state index contributed by atoms with van der Waals surface area (Å²) < 4.78 is 5.65. The number of hydrogen-bond donors (Lipinski definition) is 0. The highest BCUT2D eigenvalue weighted by molar-refractivity contribution is 7.99. The van der Waals surface area contributed by atoms with Gasteiger partial charge in [-0.1, -0.05) is 36.4 Å². The summed E-state index contributed by atoms with van der Waals surface area (Å²) >= 11 is 3.79. The molecule has 108 valence electrons. The van der Waals surface area contributed by atoms with Crippen LogP contribution in [0.5, 0.6) is 0 Å². The summed E-state index contributed by atoms with van der Waals surface area (Å²) in [6, 6.07) is 21.1. The van der Waals surface area contributed by atoms with Gasteiger partial charge in [-0.05, 0) is 35.4 Å². The van der Waals surface area contributed by atoms with Crippen LogP contribution in [0.2, 0.25) is 0 Å². The highest BCUT2D eigenvalue weighted by Crippen LogP contribution is 2.28. The minimum Gasteiger partial charge on any atom is -0.373 e. The second-order valence-electron chi connectivity index (χ2n) is 4.90. The maximum atomic E-state index is 5.65. The molecular formula is C18H18OS2. The van der Waals surface area contributed by atoms with E-state index in [1.165, 1.54) is 20.9 Å². The van der Waals surface area contributed by atoms with Crippen LogP contribution < -0.4 is 0 Å². The van der Waals surface area contributed by atoms with Crippen molar-refractivity contribution in [1.29, 1.82) is 0 Å². The van der Waals surface area contributed by atoms with Crippen molar-refractivity contribution in [2.75, 3.05) is 24.7 Å². The molecule has 0 radical (unpaired) electrons. The third kappa shape index (κ3) is 4.40. The van der Waals surface area contributed by atoms with Gasteiger partial charge in [-0.2, -0.15) is 0 Å². The van der Waals surface area contributed by atoms with Crippen LogP contribution in [0, 0.1) is 0 Å². The number of hydrogen-bond acceptors (Lipinski definition) is 3. The van der Waals surface area contributed by atoms with Crippen molar-refractivity contribution in [2.45, 2.75) is 9.79 Å². The molecule has 0 amide bonds. The zero-order valence-electron chi connectivity index (χ0n) is 11.8. The normalized spacial score (nSPS) is 14.7. The van der Waals surface area contributed by atoms with Gasteiger partial charge in [0, 0.05) is 21.3 Å². The average molecular weight is 314 g/mol. The van der Waals surface area contributed by atoms with E-state index < -0.39 is 0 Å². The first kappa shape index (κ1) is 14.8. The number of benzene rings is 2. The van der Waals surface area contributed by atoms with Gasteiger partial charge >= 0.3 is 0 Å². The Bertz CT molecular complexity index is 540. The van der Waals surface area contributed by atoms with Gasteiger partial charge in [0.1, 0.15) is 0 Å². The van der Waals surface area contributed by atoms with E-state index in [1.807, 2.05) is 23.5 Å². The lowest BCUT2D eigenvalue weighted by molar-refractivity contribution is 0.205. The summed E-state index contributed by atoms with van der Waals surface area (Å²) in [4.78, 5) is 2.65.